The van der Waals surface area contributed by atoms with Crippen LogP contribution in [0.25, 0.3) is 0 Å². The summed E-state index contributed by atoms with van der Waals surface area (Å²) >= 11 is 0. The molecule has 1 aromatic rings. The van der Waals surface area contributed by atoms with E-state index in [4.69, 9.17) is 0 Å². The summed E-state index contributed by atoms with van der Waals surface area (Å²) in [7, 11) is 1.58. The van der Waals surface area contributed by atoms with Crippen molar-refractivity contribution >= 4 is 17.5 Å². The number of nitrogens with one attached hydrogen (secondary N) is 3. The zero-order chi connectivity index (χ0) is 13.7. The zero-order valence-corrected chi connectivity index (χ0v) is 11.0. The van der Waals surface area contributed by atoms with Crippen LogP contribution in [0.4, 0.5) is 5.69 Å². The highest BCUT2D eigenvalue weighted by atomic mass is 16.2. The second-order valence-corrected chi connectivity index (χ2v) is 4.71. The summed E-state index contributed by atoms with van der Waals surface area (Å²) in [6.07, 6.45) is 2.65. The van der Waals surface area contributed by atoms with Crippen molar-refractivity contribution in [3.63, 3.8) is 0 Å². The first-order valence-electron chi connectivity index (χ1n) is 6.54. The predicted octanol–water partition coefficient (Wildman–Crippen LogP) is 1.13. The Hall–Kier alpha value is -1.88. The van der Waals surface area contributed by atoms with Crippen LogP contribution < -0.4 is 16.0 Å². The molecular weight excluding hydrogens is 242 g/mol. The fraction of sp³-hybridized carbons (Fsp3) is 0.429. The molecule has 5 nitrogen and oxygen atoms in total. The number of benzene rings is 1. The lowest BCUT2D eigenvalue weighted by atomic mass is 10.1. The average molecular weight is 261 g/mol. The van der Waals surface area contributed by atoms with Gasteiger partial charge in [-0.25, -0.2) is 0 Å². The van der Waals surface area contributed by atoms with Gasteiger partial charge >= 0.3 is 0 Å². The average Bonchev–Trinajstić information content (AvgIpc) is 2.90. The minimum absolute atomic E-state index is 0.0199. The van der Waals surface area contributed by atoms with E-state index in [1.807, 2.05) is 0 Å². The van der Waals surface area contributed by atoms with E-state index >= 15 is 0 Å². The lowest BCUT2D eigenvalue weighted by Crippen LogP contribution is -2.27. The van der Waals surface area contributed by atoms with Gasteiger partial charge in [0.2, 0.25) is 5.91 Å². The Labute approximate surface area is 112 Å². The molecule has 1 fully saturated rings. The van der Waals surface area contributed by atoms with E-state index in [-0.39, 0.29) is 17.9 Å². The van der Waals surface area contributed by atoms with E-state index in [0.717, 1.165) is 19.4 Å². The summed E-state index contributed by atoms with van der Waals surface area (Å²) in [6, 6.07) is 7.22. The van der Waals surface area contributed by atoms with Gasteiger partial charge in [-0.3, -0.25) is 9.59 Å². The van der Waals surface area contributed by atoms with Gasteiger partial charge in [0.1, 0.15) is 0 Å². The smallest absolute Gasteiger partial charge is 0.251 e. The van der Waals surface area contributed by atoms with Crippen LogP contribution in [-0.4, -0.2) is 31.4 Å². The standard InChI is InChI=1S/C14H19N3O2/c1-15-14(19)10-4-2-5-12(8-10)17-13(18)9-11-6-3-7-16-11/h2,4-5,8,11,16H,3,6-7,9H2,1H3,(H,15,19)(H,17,18). The molecule has 5 heteroatoms. The summed E-state index contributed by atoms with van der Waals surface area (Å²) in [5.74, 6) is -0.179. The van der Waals surface area contributed by atoms with E-state index in [0.29, 0.717) is 17.7 Å². The van der Waals surface area contributed by atoms with Crippen LogP contribution in [0.15, 0.2) is 24.3 Å². The number of carbonyl (C=O) groups is 2. The van der Waals surface area contributed by atoms with E-state index in [2.05, 4.69) is 16.0 Å². The molecule has 1 aliphatic rings. The zero-order valence-electron chi connectivity index (χ0n) is 11.0. The molecule has 2 amide bonds. The van der Waals surface area contributed by atoms with Gasteiger partial charge in [0.15, 0.2) is 0 Å². The maximum Gasteiger partial charge on any atom is 0.251 e. The van der Waals surface area contributed by atoms with Gasteiger partial charge in [0.25, 0.3) is 5.91 Å². The van der Waals surface area contributed by atoms with Crippen molar-refractivity contribution < 1.29 is 9.59 Å². The highest BCUT2D eigenvalue weighted by Gasteiger charge is 2.17. The molecule has 102 valence electrons. The van der Waals surface area contributed by atoms with Crippen LogP contribution in [0.5, 0.6) is 0 Å². The summed E-state index contributed by atoms with van der Waals surface area (Å²) in [6.45, 7) is 0.990. The second-order valence-electron chi connectivity index (χ2n) is 4.71. The molecule has 1 unspecified atom stereocenters. The third-order valence-corrected chi connectivity index (χ3v) is 3.23. The van der Waals surface area contributed by atoms with Crippen molar-refractivity contribution in [3.05, 3.63) is 29.8 Å². The lowest BCUT2D eigenvalue weighted by Gasteiger charge is -2.11. The summed E-state index contributed by atoms with van der Waals surface area (Å²) < 4.78 is 0. The largest absolute Gasteiger partial charge is 0.355 e. The molecule has 0 spiro atoms. The van der Waals surface area contributed by atoms with Crippen molar-refractivity contribution in [2.75, 3.05) is 18.9 Å². The Morgan fingerprint density at radius 2 is 2.26 bits per heavy atom. The molecule has 2 rings (SSSR count). The maximum atomic E-state index is 11.9. The molecular formula is C14H19N3O2. The van der Waals surface area contributed by atoms with Crippen LogP contribution in [0.3, 0.4) is 0 Å². The van der Waals surface area contributed by atoms with E-state index in [1.54, 1.807) is 31.3 Å². The number of rotatable bonds is 4. The number of amides is 2. The first-order chi connectivity index (χ1) is 9.19. The molecule has 0 radical (unpaired) electrons. The van der Waals surface area contributed by atoms with E-state index in [9.17, 15) is 9.59 Å². The Morgan fingerprint density at radius 1 is 1.42 bits per heavy atom. The van der Waals surface area contributed by atoms with Gasteiger partial charge in [-0.05, 0) is 37.6 Å². The third kappa shape index (κ3) is 3.79. The third-order valence-electron chi connectivity index (χ3n) is 3.23. The van der Waals surface area contributed by atoms with Crippen molar-refractivity contribution in [1.29, 1.82) is 0 Å². The second kappa shape index (κ2) is 6.33. The quantitative estimate of drug-likeness (QED) is 0.761. The molecule has 0 saturated carbocycles. The molecule has 1 atom stereocenters. The Bertz CT molecular complexity index is 468. The minimum atomic E-state index is -0.159. The highest BCUT2D eigenvalue weighted by Crippen LogP contribution is 2.13. The molecule has 1 aliphatic heterocycles. The van der Waals surface area contributed by atoms with Gasteiger partial charge in [-0.15, -0.1) is 0 Å². The van der Waals surface area contributed by atoms with Crippen LogP contribution in [0.1, 0.15) is 29.6 Å². The van der Waals surface area contributed by atoms with Gasteiger partial charge in [0.05, 0.1) is 0 Å². The number of hydrogen-bond acceptors (Lipinski definition) is 3. The van der Waals surface area contributed by atoms with Gasteiger partial charge < -0.3 is 16.0 Å². The fourth-order valence-electron chi connectivity index (χ4n) is 2.25. The Kier molecular flexibility index (Phi) is 4.52. The van der Waals surface area contributed by atoms with Crippen LogP contribution in [0, 0.1) is 0 Å². The molecule has 19 heavy (non-hydrogen) atoms. The Morgan fingerprint density at radius 3 is 2.95 bits per heavy atom. The van der Waals surface area contributed by atoms with E-state index in [1.165, 1.54) is 0 Å². The number of hydrogen-bond donors (Lipinski definition) is 3. The number of carbonyl (C=O) groups excluding carboxylic acids is 2. The predicted molar refractivity (Wildman–Crippen MR) is 74.1 cm³/mol. The van der Waals surface area contributed by atoms with Crippen LogP contribution >= 0.6 is 0 Å². The van der Waals surface area contributed by atoms with Crippen molar-refractivity contribution in [2.24, 2.45) is 0 Å². The maximum absolute atomic E-state index is 11.9. The van der Waals surface area contributed by atoms with E-state index < -0.39 is 0 Å². The molecule has 0 aromatic heterocycles. The molecule has 1 heterocycles. The minimum Gasteiger partial charge on any atom is -0.355 e. The monoisotopic (exact) mass is 261 g/mol. The van der Waals surface area contributed by atoms with Crippen LogP contribution in [0.2, 0.25) is 0 Å². The molecule has 1 aromatic carbocycles. The first kappa shape index (κ1) is 13.5. The topological polar surface area (TPSA) is 70.2 Å². The molecule has 1 saturated heterocycles. The van der Waals surface area contributed by atoms with Crippen molar-refractivity contribution in [3.8, 4) is 0 Å². The summed E-state index contributed by atoms with van der Waals surface area (Å²) in [5, 5.41) is 8.68. The first-order valence-corrected chi connectivity index (χ1v) is 6.54. The van der Waals surface area contributed by atoms with Crippen molar-refractivity contribution in [2.45, 2.75) is 25.3 Å². The lowest BCUT2D eigenvalue weighted by molar-refractivity contribution is -0.116. The summed E-state index contributed by atoms with van der Waals surface area (Å²) in [4.78, 5) is 23.4. The van der Waals surface area contributed by atoms with Crippen LogP contribution in [-0.2, 0) is 4.79 Å². The fourth-order valence-corrected chi connectivity index (χ4v) is 2.25. The van der Waals surface area contributed by atoms with Gasteiger partial charge in [0, 0.05) is 30.8 Å². The van der Waals surface area contributed by atoms with Crippen molar-refractivity contribution in [1.82, 2.24) is 10.6 Å². The summed E-state index contributed by atoms with van der Waals surface area (Å²) in [5.41, 5.74) is 1.20. The van der Waals surface area contributed by atoms with Gasteiger partial charge in [-0.1, -0.05) is 6.07 Å². The number of anilines is 1. The molecule has 0 aliphatic carbocycles. The molecule has 3 N–H and O–H groups in total. The van der Waals surface area contributed by atoms with Gasteiger partial charge in [-0.2, -0.15) is 0 Å². The normalized spacial score (nSPS) is 18.1. The molecule has 0 bridgehead atoms. The Balaban J connectivity index is 1.94. The SMILES string of the molecule is CNC(=O)c1cccc(NC(=O)CC2CCCN2)c1. The highest BCUT2D eigenvalue weighted by molar-refractivity contribution is 5.97.